The number of aryl methyl sites for hydroxylation is 1. The number of sulfone groups is 1. The van der Waals surface area contributed by atoms with Crippen LogP contribution in [-0.2, 0) is 22.7 Å². The number of nitrogens with zero attached hydrogens (tertiary/aromatic N) is 1. The fourth-order valence-electron chi connectivity index (χ4n) is 1.59. The molecule has 0 saturated heterocycles. The second-order valence-electron chi connectivity index (χ2n) is 3.43. The standard InChI is InChI=1S/C8H9BrN2O3S/c9-8-10-6-2-4-15(13,14)3-1-5(6)7(12)11-8/h1-4H2,(H,10,11,12). The smallest absolute Gasteiger partial charge is 0.255 e. The molecule has 0 atom stereocenters. The number of H-pyrrole nitrogens is 1. The molecule has 0 unspecified atom stereocenters. The Hall–Kier alpha value is -0.690. The van der Waals surface area contributed by atoms with Gasteiger partial charge in [0, 0.05) is 12.0 Å². The summed E-state index contributed by atoms with van der Waals surface area (Å²) < 4.78 is 23.1. The van der Waals surface area contributed by atoms with Gasteiger partial charge in [0.25, 0.3) is 5.56 Å². The number of fused-ring (bicyclic) bond motifs is 1. The minimum atomic E-state index is -3.02. The zero-order chi connectivity index (χ0) is 11.1. The summed E-state index contributed by atoms with van der Waals surface area (Å²) in [4.78, 5) is 18.1. The quantitative estimate of drug-likeness (QED) is 0.685. The van der Waals surface area contributed by atoms with Crippen LogP contribution in [0.3, 0.4) is 0 Å². The average Bonchev–Trinajstić information content (AvgIpc) is 2.26. The summed E-state index contributed by atoms with van der Waals surface area (Å²) in [7, 11) is -3.02. The van der Waals surface area contributed by atoms with E-state index in [2.05, 4.69) is 25.9 Å². The molecule has 0 saturated carbocycles. The third kappa shape index (κ3) is 2.28. The number of hydrogen-bond acceptors (Lipinski definition) is 4. The second kappa shape index (κ2) is 3.71. The van der Waals surface area contributed by atoms with Crippen LogP contribution < -0.4 is 5.56 Å². The van der Waals surface area contributed by atoms with Gasteiger partial charge in [0.2, 0.25) is 0 Å². The van der Waals surface area contributed by atoms with Crippen LogP contribution in [0.15, 0.2) is 9.53 Å². The van der Waals surface area contributed by atoms with E-state index in [1.807, 2.05) is 0 Å². The van der Waals surface area contributed by atoms with Crippen LogP contribution in [0.1, 0.15) is 11.3 Å². The summed E-state index contributed by atoms with van der Waals surface area (Å²) in [5, 5.41) is 0. The highest BCUT2D eigenvalue weighted by Crippen LogP contribution is 2.13. The number of halogens is 1. The van der Waals surface area contributed by atoms with Crippen molar-refractivity contribution in [3.05, 3.63) is 26.3 Å². The molecule has 1 aliphatic heterocycles. The number of aromatic nitrogens is 2. The molecule has 5 nitrogen and oxygen atoms in total. The molecule has 1 N–H and O–H groups in total. The van der Waals surface area contributed by atoms with Crippen molar-refractivity contribution in [3.8, 4) is 0 Å². The van der Waals surface area contributed by atoms with Crippen LogP contribution in [0, 0.1) is 0 Å². The zero-order valence-electron chi connectivity index (χ0n) is 7.79. The van der Waals surface area contributed by atoms with Gasteiger partial charge in [-0.15, -0.1) is 0 Å². The molecule has 0 amide bonds. The van der Waals surface area contributed by atoms with Gasteiger partial charge in [-0.3, -0.25) is 4.79 Å². The van der Waals surface area contributed by atoms with Gasteiger partial charge in [-0.1, -0.05) is 0 Å². The minimum absolute atomic E-state index is 0.0341. The van der Waals surface area contributed by atoms with E-state index in [0.29, 0.717) is 22.4 Å². The molecule has 7 heteroatoms. The fourth-order valence-corrected chi connectivity index (χ4v) is 3.21. The third-order valence-corrected chi connectivity index (χ3v) is 4.41. The molecule has 1 aromatic rings. The lowest BCUT2D eigenvalue weighted by molar-refractivity contribution is 0.596. The van der Waals surface area contributed by atoms with E-state index in [1.54, 1.807) is 0 Å². The SMILES string of the molecule is O=c1[nH]c(Br)nc2c1CCS(=O)(=O)CC2. The van der Waals surface area contributed by atoms with Crippen molar-refractivity contribution in [3.63, 3.8) is 0 Å². The van der Waals surface area contributed by atoms with Crippen molar-refractivity contribution >= 4 is 25.8 Å². The summed E-state index contributed by atoms with van der Waals surface area (Å²) in [6.45, 7) is 0. The van der Waals surface area contributed by atoms with Crippen LogP contribution in [0.5, 0.6) is 0 Å². The van der Waals surface area contributed by atoms with Crippen LogP contribution in [0.4, 0.5) is 0 Å². The predicted molar refractivity (Wildman–Crippen MR) is 58.6 cm³/mol. The Morgan fingerprint density at radius 1 is 1.27 bits per heavy atom. The maximum absolute atomic E-state index is 11.5. The molecular formula is C8H9BrN2O3S. The molecule has 1 aromatic heterocycles. The Labute approximate surface area is 95.0 Å². The van der Waals surface area contributed by atoms with Crippen LogP contribution in [0.2, 0.25) is 0 Å². The molecule has 0 spiro atoms. The van der Waals surface area contributed by atoms with Crippen molar-refractivity contribution in [2.75, 3.05) is 11.5 Å². The monoisotopic (exact) mass is 292 g/mol. The molecule has 0 aliphatic carbocycles. The molecule has 0 aromatic carbocycles. The Kier molecular flexibility index (Phi) is 2.68. The van der Waals surface area contributed by atoms with E-state index < -0.39 is 9.84 Å². The number of hydrogen-bond donors (Lipinski definition) is 1. The van der Waals surface area contributed by atoms with Crippen molar-refractivity contribution < 1.29 is 8.42 Å². The molecule has 0 bridgehead atoms. The summed E-state index contributed by atoms with van der Waals surface area (Å²) in [6, 6.07) is 0. The number of nitrogens with one attached hydrogen (secondary N) is 1. The first kappa shape index (κ1) is 10.8. The Morgan fingerprint density at radius 2 is 1.93 bits per heavy atom. The molecule has 1 aliphatic rings. The van der Waals surface area contributed by atoms with E-state index in [-0.39, 0.29) is 23.5 Å². The summed E-state index contributed by atoms with van der Waals surface area (Å²) in [5.41, 5.74) is 0.843. The molecule has 15 heavy (non-hydrogen) atoms. The predicted octanol–water partition coefficient (Wildman–Crippen LogP) is 0.0458. The van der Waals surface area contributed by atoms with Gasteiger partial charge in [-0.05, 0) is 22.4 Å². The largest absolute Gasteiger partial charge is 0.301 e. The maximum Gasteiger partial charge on any atom is 0.255 e. The van der Waals surface area contributed by atoms with Gasteiger partial charge in [-0.25, -0.2) is 13.4 Å². The summed E-state index contributed by atoms with van der Waals surface area (Å²) >= 11 is 3.08. The Morgan fingerprint density at radius 3 is 2.67 bits per heavy atom. The highest BCUT2D eigenvalue weighted by atomic mass is 79.9. The van der Waals surface area contributed by atoms with Crippen molar-refractivity contribution in [2.24, 2.45) is 0 Å². The summed E-state index contributed by atoms with van der Waals surface area (Å²) in [6.07, 6.45) is 0.577. The van der Waals surface area contributed by atoms with E-state index in [4.69, 9.17) is 0 Å². The van der Waals surface area contributed by atoms with E-state index in [9.17, 15) is 13.2 Å². The van der Waals surface area contributed by atoms with E-state index in [0.717, 1.165) is 0 Å². The van der Waals surface area contributed by atoms with E-state index in [1.165, 1.54) is 0 Å². The first-order valence-corrected chi connectivity index (χ1v) is 7.07. The zero-order valence-corrected chi connectivity index (χ0v) is 10.2. The van der Waals surface area contributed by atoms with Gasteiger partial charge in [0.05, 0.1) is 17.2 Å². The van der Waals surface area contributed by atoms with Crippen LogP contribution in [-0.4, -0.2) is 29.9 Å². The van der Waals surface area contributed by atoms with Gasteiger partial charge in [0.1, 0.15) is 0 Å². The molecule has 0 fully saturated rings. The van der Waals surface area contributed by atoms with Crippen LogP contribution in [0.25, 0.3) is 0 Å². The van der Waals surface area contributed by atoms with Crippen LogP contribution >= 0.6 is 15.9 Å². The lowest BCUT2D eigenvalue weighted by atomic mass is 10.1. The third-order valence-electron chi connectivity index (χ3n) is 2.39. The molecule has 2 heterocycles. The number of rotatable bonds is 0. The lowest BCUT2D eigenvalue weighted by Gasteiger charge is -2.01. The summed E-state index contributed by atoms with van der Waals surface area (Å²) in [5.74, 6) is 0.106. The fraction of sp³-hybridized carbons (Fsp3) is 0.500. The maximum atomic E-state index is 11.5. The highest BCUT2D eigenvalue weighted by Gasteiger charge is 2.21. The Bertz CT molecular complexity index is 549. The minimum Gasteiger partial charge on any atom is -0.301 e. The average molecular weight is 293 g/mol. The van der Waals surface area contributed by atoms with Gasteiger partial charge in [-0.2, -0.15) is 0 Å². The van der Waals surface area contributed by atoms with Gasteiger partial charge in [0.15, 0.2) is 14.6 Å². The number of aromatic amines is 1. The lowest BCUT2D eigenvalue weighted by Crippen LogP contribution is -2.18. The first-order valence-electron chi connectivity index (χ1n) is 4.46. The molecular weight excluding hydrogens is 284 g/mol. The highest BCUT2D eigenvalue weighted by molar-refractivity contribution is 9.10. The Balaban J connectivity index is 2.53. The molecule has 0 radical (unpaired) electrons. The van der Waals surface area contributed by atoms with Gasteiger partial charge < -0.3 is 4.98 Å². The normalized spacial score (nSPS) is 19.3. The van der Waals surface area contributed by atoms with Crippen molar-refractivity contribution in [2.45, 2.75) is 12.8 Å². The molecule has 82 valence electrons. The first-order chi connectivity index (χ1) is 6.98. The second-order valence-corrected chi connectivity index (χ2v) is 6.49. The van der Waals surface area contributed by atoms with Crippen molar-refractivity contribution in [1.29, 1.82) is 0 Å². The van der Waals surface area contributed by atoms with Gasteiger partial charge >= 0.3 is 0 Å². The molecule has 2 rings (SSSR count). The van der Waals surface area contributed by atoms with E-state index >= 15 is 0 Å². The topological polar surface area (TPSA) is 79.9 Å². The van der Waals surface area contributed by atoms with Crippen molar-refractivity contribution in [1.82, 2.24) is 9.97 Å².